The van der Waals surface area contributed by atoms with Crippen LogP contribution in [-0.2, 0) is 20.6 Å². The molecule has 202 valence electrons. The van der Waals surface area contributed by atoms with E-state index >= 15 is 0 Å². The maximum Gasteiger partial charge on any atom is 0.416 e. The van der Waals surface area contributed by atoms with E-state index in [0.29, 0.717) is 11.4 Å². The molecule has 3 amide bonds. The zero-order valence-corrected chi connectivity index (χ0v) is 21.6. The Morgan fingerprint density at radius 1 is 0.949 bits per heavy atom. The third-order valence-electron chi connectivity index (χ3n) is 6.33. The molecular formula is C29H27F3N4O3. The predicted octanol–water partition coefficient (Wildman–Crippen LogP) is 5.85. The molecular weight excluding hydrogens is 509 g/mol. The Labute approximate surface area is 223 Å². The van der Waals surface area contributed by atoms with Gasteiger partial charge in [0.1, 0.15) is 0 Å². The summed E-state index contributed by atoms with van der Waals surface area (Å²) in [7, 11) is 0. The van der Waals surface area contributed by atoms with Crippen LogP contribution >= 0.6 is 0 Å². The van der Waals surface area contributed by atoms with Crippen LogP contribution in [0.2, 0.25) is 0 Å². The molecule has 0 saturated heterocycles. The van der Waals surface area contributed by atoms with E-state index < -0.39 is 29.5 Å². The lowest BCUT2D eigenvalue weighted by atomic mass is 10.0. The molecule has 1 heterocycles. The molecule has 0 atom stereocenters. The Hall–Kier alpha value is -4.44. The number of rotatable bonds is 6. The highest BCUT2D eigenvalue weighted by molar-refractivity contribution is 6.35. The average Bonchev–Trinajstić information content (AvgIpc) is 3.16. The summed E-state index contributed by atoms with van der Waals surface area (Å²) >= 11 is 0. The summed E-state index contributed by atoms with van der Waals surface area (Å²) in [6.07, 6.45) is -5.02. The molecule has 0 saturated carbocycles. The number of hydrogen-bond acceptors (Lipinski definition) is 4. The molecule has 0 bridgehead atoms. The SMILES string of the molecule is C/C(=C1/C(=O)N(c2cc(C)cc(C)c2)c2cc(C(F)(F)F)ccc21)N(N)C(=O)CCC(=O)Nc1ccccc1. The maximum atomic E-state index is 13.7. The van der Waals surface area contributed by atoms with Crippen molar-refractivity contribution < 1.29 is 27.6 Å². The third kappa shape index (κ3) is 5.85. The van der Waals surface area contributed by atoms with Crippen molar-refractivity contribution in [2.24, 2.45) is 5.84 Å². The molecule has 1 aliphatic heterocycles. The number of para-hydroxylation sites is 1. The van der Waals surface area contributed by atoms with E-state index in [4.69, 9.17) is 5.84 Å². The van der Waals surface area contributed by atoms with E-state index in [1.807, 2.05) is 19.9 Å². The molecule has 3 aromatic carbocycles. The van der Waals surface area contributed by atoms with Gasteiger partial charge < -0.3 is 5.32 Å². The summed E-state index contributed by atoms with van der Waals surface area (Å²) in [5, 5.41) is 3.45. The van der Waals surface area contributed by atoms with Crippen LogP contribution in [0.4, 0.5) is 30.2 Å². The number of amides is 3. The van der Waals surface area contributed by atoms with Crippen LogP contribution in [0, 0.1) is 13.8 Å². The Balaban J connectivity index is 1.66. The molecule has 0 spiro atoms. The number of fused-ring (bicyclic) bond motifs is 1. The van der Waals surface area contributed by atoms with Crippen LogP contribution in [0.3, 0.4) is 0 Å². The fraction of sp³-hybridized carbons (Fsp3) is 0.207. The summed E-state index contributed by atoms with van der Waals surface area (Å²) in [5.74, 6) is 4.44. The van der Waals surface area contributed by atoms with Crippen molar-refractivity contribution in [1.82, 2.24) is 5.01 Å². The number of hydrazine groups is 1. The Bertz CT molecular complexity index is 1460. The van der Waals surface area contributed by atoms with Gasteiger partial charge in [0.05, 0.1) is 16.8 Å². The monoisotopic (exact) mass is 536 g/mol. The van der Waals surface area contributed by atoms with Crippen LogP contribution in [-0.4, -0.2) is 22.7 Å². The van der Waals surface area contributed by atoms with Crippen LogP contribution in [0.1, 0.15) is 42.0 Å². The molecule has 39 heavy (non-hydrogen) atoms. The first-order valence-corrected chi connectivity index (χ1v) is 12.1. The van der Waals surface area contributed by atoms with Crippen LogP contribution in [0.15, 0.2) is 72.4 Å². The fourth-order valence-corrected chi connectivity index (χ4v) is 4.52. The van der Waals surface area contributed by atoms with Crippen molar-refractivity contribution >= 4 is 40.4 Å². The lowest BCUT2D eigenvalue weighted by Gasteiger charge is -2.21. The molecule has 0 unspecified atom stereocenters. The summed E-state index contributed by atoms with van der Waals surface area (Å²) in [4.78, 5) is 40.0. The van der Waals surface area contributed by atoms with E-state index in [1.54, 1.807) is 42.5 Å². The zero-order valence-electron chi connectivity index (χ0n) is 21.6. The number of halogens is 3. The molecule has 0 aromatic heterocycles. The first-order valence-electron chi connectivity index (χ1n) is 12.1. The Kier molecular flexibility index (Phi) is 7.60. The van der Waals surface area contributed by atoms with Gasteiger partial charge in [-0.2, -0.15) is 13.2 Å². The van der Waals surface area contributed by atoms with Crippen LogP contribution in [0.25, 0.3) is 5.57 Å². The predicted molar refractivity (Wildman–Crippen MR) is 142 cm³/mol. The summed E-state index contributed by atoms with van der Waals surface area (Å²) in [6.45, 7) is 5.09. The van der Waals surface area contributed by atoms with Crippen molar-refractivity contribution in [2.45, 2.75) is 39.8 Å². The minimum atomic E-state index is -4.62. The number of hydrogen-bond donors (Lipinski definition) is 2. The second-order valence-electron chi connectivity index (χ2n) is 9.35. The zero-order chi connectivity index (χ0) is 28.5. The molecule has 3 aromatic rings. The normalized spacial score (nSPS) is 14.2. The lowest BCUT2D eigenvalue weighted by Crippen LogP contribution is -2.37. The van der Waals surface area contributed by atoms with Gasteiger partial charge >= 0.3 is 6.18 Å². The molecule has 4 rings (SSSR count). The number of allylic oxidation sites excluding steroid dienone is 1. The molecule has 1 aliphatic rings. The van der Waals surface area contributed by atoms with Gasteiger partial charge in [-0.3, -0.25) is 24.3 Å². The number of alkyl halides is 3. The minimum Gasteiger partial charge on any atom is -0.326 e. The van der Waals surface area contributed by atoms with Crippen molar-refractivity contribution in [2.75, 3.05) is 10.2 Å². The Morgan fingerprint density at radius 2 is 1.59 bits per heavy atom. The van der Waals surface area contributed by atoms with Gasteiger partial charge in [-0.25, -0.2) is 5.84 Å². The van der Waals surface area contributed by atoms with Crippen molar-refractivity contribution in [1.29, 1.82) is 0 Å². The molecule has 7 nitrogen and oxygen atoms in total. The second kappa shape index (κ2) is 10.7. The number of nitrogens with zero attached hydrogens (tertiary/aromatic N) is 2. The van der Waals surface area contributed by atoms with Crippen molar-refractivity contribution in [3.05, 3.63) is 94.7 Å². The first kappa shape index (κ1) is 27.6. The number of benzene rings is 3. The van der Waals surface area contributed by atoms with Crippen LogP contribution < -0.4 is 16.1 Å². The number of carbonyl (C=O) groups is 3. The standard InChI is InChI=1S/C29H27F3N4O3/c1-17-13-18(2)15-22(14-17)35-24-16-20(29(30,31)32)9-10-23(24)27(28(35)39)19(3)36(33)26(38)12-11-25(37)34-21-7-5-4-6-8-21/h4-10,13-16H,11-12,33H2,1-3H3,(H,34,37)/b27-19-. The van der Waals surface area contributed by atoms with Gasteiger partial charge in [0.2, 0.25) is 11.8 Å². The smallest absolute Gasteiger partial charge is 0.326 e. The quantitative estimate of drug-likeness (QED) is 0.179. The van der Waals surface area contributed by atoms with Gasteiger partial charge in [-0.05, 0) is 68.3 Å². The third-order valence-corrected chi connectivity index (χ3v) is 6.33. The van der Waals surface area contributed by atoms with E-state index in [2.05, 4.69) is 5.32 Å². The number of anilines is 3. The molecule has 0 radical (unpaired) electrons. The Morgan fingerprint density at radius 3 is 2.21 bits per heavy atom. The molecule has 10 heteroatoms. The number of carbonyl (C=O) groups excluding carboxylic acids is 3. The highest BCUT2D eigenvalue weighted by atomic mass is 19.4. The van der Waals surface area contributed by atoms with Crippen molar-refractivity contribution in [3.8, 4) is 0 Å². The minimum absolute atomic E-state index is 0.00229. The van der Waals surface area contributed by atoms with Crippen molar-refractivity contribution in [3.63, 3.8) is 0 Å². The molecule has 0 fully saturated rings. The van der Waals surface area contributed by atoms with E-state index in [9.17, 15) is 27.6 Å². The summed E-state index contributed by atoms with van der Waals surface area (Å²) in [5.41, 5.74) is 2.03. The molecule has 3 N–H and O–H groups in total. The van der Waals surface area contributed by atoms with E-state index in [-0.39, 0.29) is 35.4 Å². The number of aryl methyl sites for hydroxylation is 2. The van der Waals surface area contributed by atoms with Gasteiger partial charge in [-0.15, -0.1) is 0 Å². The maximum absolute atomic E-state index is 13.7. The molecule has 0 aliphatic carbocycles. The number of nitrogens with two attached hydrogens (primary N) is 1. The average molecular weight is 537 g/mol. The highest BCUT2D eigenvalue weighted by Gasteiger charge is 2.39. The topological polar surface area (TPSA) is 95.7 Å². The van der Waals surface area contributed by atoms with Gasteiger partial charge in [0.25, 0.3) is 5.91 Å². The van der Waals surface area contributed by atoms with Gasteiger partial charge in [0.15, 0.2) is 0 Å². The van der Waals surface area contributed by atoms with E-state index in [1.165, 1.54) is 17.9 Å². The highest BCUT2D eigenvalue weighted by Crippen LogP contribution is 2.46. The second-order valence-corrected chi connectivity index (χ2v) is 9.35. The summed E-state index contributed by atoms with van der Waals surface area (Å²) in [6, 6.07) is 17.0. The first-order chi connectivity index (χ1) is 18.4. The fourth-order valence-electron chi connectivity index (χ4n) is 4.52. The van der Waals surface area contributed by atoms with Crippen LogP contribution in [0.5, 0.6) is 0 Å². The van der Waals surface area contributed by atoms with Gasteiger partial charge in [0, 0.05) is 35.5 Å². The van der Waals surface area contributed by atoms with Gasteiger partial charge in [-0.1, -0.05) is 30.3 Å². The number of nitrogens with one attached hydrogen (secondary N) is 1. The lowest BCUT2D eigenvalue weighted by molar-refractivity contribution is -0.137. The largest absolute Gasteiger partial charge is 0.416 e. The van der Waals surface area contributed by atoms with E-state index in [0.717, 1.165) is 28.3 Å². The summed E-state index contributed by atoms with van der Waals surface area (Å²) < 4.78 is 40.7.